The zero-order valence-corrected chi connectivity index (χ0v) is 9.20. The van der Waals surface area contributed by atoms with E-state index >= 15 is 0 Å². The smallest absolute Gasteiger partial charge is 0.335 e. The van der Waals surface area contributed by atoms with Gasteiger partial charge in [-0.1, -0.05) is 6.58 Å². The Labute approximate surface area is 84.8 Å². The van der Waals surface area contributed by atoms with Crippen LogP contribution in [0.4, 0.5) is 0 Å². The van der Waals surface area contributed by atoms with Crippen LogP contribution in [0.5, 0.6) is 0 Å². The molecule has 4 heteroatoms. The van der Waals surface area contributed by atoms with Gasteiger partial charge in [0.25, 0.3) is 0 Å². The van der Waals surface area contributed by atoms with Crippen LogP contribution < -0.4 is 0 Å². The van der Waals surface area contributed by atoms with E-state index in [-0.39, 0.29) is 6.29 Å². The molecule has 82 valence electrons. The summed E-state index contributed by atoms with van der Waals surface area (Å²) in [6, 6.07) is 0. The summed E-state index contributed by atoms with van der Waals surface area (Å²) >= 11 is 0. The normalized spacial score (nSPS) is 14.6. The molecule has 0 spiro atoms. The van der Waals surface area contributed by atoms with Gasteiger partial charge in [0.1, 0.15) is 0 Å². The minimum Gasteiger partial charge on any atom is -0.433 e. The van der Waals surface area contributed by atoms with Crippen LogP contribution in [0.3, 0.4) is 0 Å². The molecular weight excluding hydrogens is 184 g/mol. The van der Waals surface area contributed by atoms with Crippen molar-refractivity contribution in [2.75, 3.05) is 6.61 Å². The van der Waals surface area contributed by atoms with E-state index in [0.717, 1.165) is 0 Å². The molecule has 0 bridgehead atoms. The average Bonchev–Trinajstić information content (AvgIpc) is 2.03. The number of carbonyl (C=O) groups excluding carboxylic acids is 1. The van der Waals surface area contributed by atoms with Crippen molar-refractivity contribution in [3.8, 4) is 0 Å². The number of rotatable bonds is 6. The van der Waals surface area contributed by atoms with Crippen molar-refractivity contribution >= 4 is 5.97 Å². The maximum atomic E-state index is 11.1. The Kier molecular flexibility index (Phi) is 6.16. The van der Waals surface area contributed by atoms with Gasteiger partial charge in [-0.3, -0.25) is 0 Å². The lowest BCUT2D eigenvalue weighted by atomic mass is 10.4. The van der Waals surface area contributed by atoms with E-state index in [1.807, 2.05) is 6.92 Å². The second-order valence-electron chi connectivity index (χ2n) is 2.91. The number of carbonyl (C=O) groups is 1. The van der Waals surface area contributed by atoms with E-state index in [9.17, 15) is 4.79 Å². The van der Waals surface area contributed by atoms with E-state index in [4.69, 9.17) is 14.2 Å². The highest BCUT2D eigenvalue weighted by Crippen LogP contribution is 2.04. The minimum absolute atomic E-state index is 0.351. The molecule has 0 aromatic carbocycles. The molecule has 2 atom stereocenters. The predicted octanol–water partition coefficient (Wildman–Crippen LogP) is 1.85. The van der Waals surface area contributed by atoms with Gasteiger partial charge < -0.3 is 14.2 Å². The van der Waals surface area contributed by atoms with E-state index in [2.05, 4.69) is 6.58 Å². The lowest BCUT2D eigenvalue weighted by Crippen LogP contribution is -2.24. The maximum absolute atomic E-state index is 11.1. The molecule has 2 unspecified atom stereocenters. The van der Waals surface area contributed by atoms with Crippen LogP contribution in [0.25, 0.3) is 0 Å². The first-order valence-corrected chi connectivity index (χ1v) is 4.61. The standard InChI is InChI=1S/C10H18O4/c1-6-12-8(4)13-9(5)14-10(11)7(2)3/h8-9H,2,6H2,1,3-5H3. The summed E-state index contributed by atoms with van der Waals surface area (Å²) in [5.41, 5.74) is 0.351. The first kappa shape index (κ1) is 13.1. The summed E-state index contributed by atoms with van der Waals surface area (Å²) < 4.78 is 15.2. The van der Waals surface area contributed by atoms with Crippen molar-refractivity contribution in [1.82, 2.24) is 0 Å². The second kappa shape index (κ2) is 6.56. The van der Waals surface area contributed by atoms with Crippen molar-refractivity contribution in [3.05, 3.63) is 12.2 Å². The van der Waals surface area contributed by atoms with E-state index in [1.54, 1.807) is 20.8 Å². The average molecular weight is 202 g/mol. The summed E-state index contributed by atoms with van der Waals surface area (Å²) in [5, 5.41) is 0. The Morgan fingerprint density at radius 1 is 1.36 bits per heavy atom. The molecule has 14 heavy (non-hydrogen) atoms. The third-order valence-electron chi connectivity index (χ3n) is 1.41. The van der Waals surface area contributed by atoms with Crippen molar-refractivity contribution in [2.24, 2.45) is 0 Å². The summed E-state index contributed by atoms with van der Waals surface area (Å²) in [6.07, 6.45) is -1.01. The van der Waals surface area contributed by atoms with Crippen LogP contribution >= 0.6 is 0 Å². The van der Waals surface area contributed by atoms with Crippen LogP contribution in [0.2, 0.25) is 0 Å². The first-order valence-electron chi connectivity index (χ1n) is 4.61. The van der Waals surface area contributed by atoms with Crippen LogP contribution in [0, 0.1) is 0 Å². The fraction of sp³-hybridized carbons (Fsp3) is 0.700. The zero-order valence-electron chi connectivity index (χ0n) is 9.20. The molecule has 0 aliphatic heterocycles. The molecule has 0 aliphatic rings. The summed E-state index contributed by atoms with van der Waals surface area (Å²) in [5.74, 6) is -0.457. The third-order valence-corrected chi connectivity index (χ3v) is 1.41. The lowest BCUT2D eigenvalue weighted by molar-refractivity contribution is -0.225. The van der Waals surface area contributed by atoms with Gasteiger partial charge in [0.05, 0.1) is 0 Å². The van der Waals surface area contributed by atoms with Crippen LogP contribution in [-0.2, 0) is 19.0 Å². The molecule has 0 rings (SSSR count). The fourth-order valence-electron chi connectivity index (χ4n) is 0.823. The summed E-state index contributed by atoms with van der Waals surface area (Å²) in [7, 11) is 0. The van der Waals surface area contributed by atoms with Crippen molar-refractivity contribution in [3.63, 3.8) is 0 Å². The van der Waals surface area contributed by atoms with Crippen LogP contribution in [0.15, 0.2) is 12.2 Å². The predicted molar refractivity (Wildman–Crippen MR) is 52.5 cm³/mol. The molecule has 0 aromatic heterocycles. The van der Waals surface area contributed by atoms with E-state index in [0.29, 0.717) is 12.2 Å². The van der Waals surface area contributed by atoms with Crippen molar-refractivity contribution < 1.29 is 19.0 Å². The SMILES string of the molecule is C=C(C)C(=O)OC(C)OC(C)OCC. The highest BCUT2D eigenvalue weighted by Gasteiger charge is 2.13. The Morgan fingerprint density at radius 2 is 1.93 bits per heavy atom. The largest absolute Gasteiger partial charge is 0.433 e. The van der Waals surface area contributed by atoms with Gasteiger partial charge >= 0.3 is 5.97 Å². The lowest BCUT2D eigenvalue weighted by Gasteiger charge is -2.18. The maximum Gasteiger partial charge on any atom is 0.335 e. The van der Waals surface area contributed by atoms with Gasteiger partial charge in [-0.2, -0.15) is 0 Å². The highest BCUT2D eigenvalue weighted by molar-refractivity contribution is 5.86. The van der Waals surface area contributed by atoms with Gasteiger partial charge in [-0.05, 0) is 27.7 Å². The topological polar surface area (TPSA) is 44.8 Å². The fourth-order valence-corrected chi connectivity index (χ4v) is 0.823. The Morgan fingerprint density at radius 3 is 2.36 bits per heavy atom. The Hall–Kier alpha value is -0.870. The number of hydrogen-bond donors (Lipinski definition) is 0. The number of ether oxygens (including phenoxy) is 3. The van der Waals surface area contributed by atoms with E-state index < -0.39 is 12.3 Å². The zero-order chi connectivity index (χ0) is 11.1. The molecule has 0 saturated carbocycles. The third kappa shape index (κ3) is 5.72. The molecular formula is C10H18O4. The quantitative estimate of drug-likeness (QED) is 0.374. The minimum atomic E-state index is -0.624. The second-order valence-corrected chi connectivity index (χ2v) is 2.91. The molecule has 0 heterocycles. The Bertz CT molecular complexity index is 200. The summed E-state index contributed by atoms with van der Waals surface area (Å²) in [6.45, 7) is 10.8. The van der Waals surface area contributed by atoms with Gasteiger partial charge in [0.2, 0.25) is 6.29 Å². The number of hydrogen-bond acceptors (Lipinski definition) is 4. The van der Waals surface area contributed by atoms with Gasteiger partial charge in [0, 0.05) is 12.2 Å². The molecule has 4 nitrogen and oxygen atoms in total. The van der Waals surface area contributed by atoms with Crippen LogP contribution in [-0.4, -0.2) is 25.2 Å². The highest BCUT2D eigenvalue weighted by atomic mass is 16.8. The molecule has 0 aromatic rings. The van der Waals surface area contributed by atoms with Gasteiger partial charge in [-0.25, -0.2) is 4.79 Å². The number of esters is 1. The van der Waals surface area contributed by atoms with Crippen molar-refractivity contribution in [1.29, 1.82) is 0 Å². The molecule has 0 radical (unpaired) electrons. The molecule has 0 saturated heterocycles. The molecule has 0 N–H and O–H groups in total. The van der Waals surface area contributed by atoms with Gasteiger partial charge in [-0.15, -0.1) is 0 Å². The first-order chi connectivity index (χ1) is 6.47. The van der Waals surface area contributed by atoms with Gasteiger partial charge in [0.15, 0.2) is 6.29 Å². The molecule has 0 fully saturated rings. The summed E-state index contributed by atoms with van der Waals surface area (Å²) in [4.78, 5) is 11.1. The van der Waals surface area contributed by atoms with E-state index in [1.165, 1.54) is 0 Å². The van der Waals surface area contributed by atoms with Crippen molar-refractivity contribution in [2.45, 2.75) is 40.3 Å². The molecule has 0 amide bonds. The van der Waals surface area contributed by atoms with Crippen LogP contribution in [0.1, 0.15) is 27.7 Å². The Balaban J connectivity index is 3.80. The monoisotopic (exact) mass is 202 g/mol. The molecule has 0 aliphatic carbocycles.